The second kappa shape index (κ2) is 4.68. The fraction of sp³-hybridized carbons (Fsp3) is 0.636. The van der Waals surface area contributed by atoms with E-state index < -0.39 is 35.7 Å². The predicted octanol–water partition coefficient (Wildman–Crippen LogP) is -1.35. The molecular weight excluding hydrogens is 240 g/mol. The van der Waals surface area contributed by atoms with Gasteiger partial charge in [0.1, 0.15) is 18.3 Å². The first-order valence-electron chi connectivity index (χ1n) is 5.77. The van der Waals surface area contributed by atoms with E-state index in [-0.39, 0.29) is 5.56 Å². The third-order valence-electron chi connectivity index (χ3n) is 3.28. The Labute approximate surface area is 103 Å². The van der Waals surface area contributed by atoms with Crippen molar-refractivity contribution in [2.24, 2.45) is 7.05 Å². The van der Waals surface area contributed by atoms with Crippen LogP contribution in [-0.2, 0) is 11.8 Å². The fourth-order valence-corrected chi connectivity index (χ4v) is 2.13. The minimum absolute atomic E-state index is 0.139. The molecule has 2 heterocycles. The fourth-order valence-electron chi connectivity index (χ4n) is 2.13. The topological polar surface area (TPSA) is 105 Å². The van der Waals surface area contributed by atoms with E-state index in [9.17, 15) is 19.8 Å². The summed E-state index contributed by atoms with van der Waals surface area (Å²) in [4.78, 5) is 25.5. The summed E-state index contributed by atoms with van der Waals surface area (Å²) in [6, 6.07) is 0. The molecule has 1 aromatic heterocycles. The van der Waals surface area contributed by atoms with E-state index in [1.54, 1.807) is 0 Å². The molecule has 100 valence electrons. The summed E-state index contributed by atoms with van der Waals surface area (Å²) < 4.78 is 6.36. The molecule has 1 saturated heterocycles. The van der Waals surface area contributed by atoms with Gasteiger partial charge in [0, 0.05) is 13.2 Å². The van der Waals surface area contributed by atoms with E-state index in [0.717, 1.165) is 4.57 Å². The average Bonchev–Trinajstić information content (AvgIpc) is 2.64. The van der Waals surface area contributed by atoms with Crippen LogP contribution in [0.25, 0.3) is 0 Å². The van der Waals surface area contributed by atoms with Crippen molar-refractivity contribution >= 4 is 0 Å². The number of aromatic amines is 1. The van der Waals surface area contributed by atoms with Crippen molar-refractivity contribution in [1.82, 2.24) is 9.55 Å². The normalized spacial score (nSPS) is 31.8. The van der Waals surface area contributed by atoms with Gasteiger partial charge in [0.15, 0.2) is 0 Å². The first-order chi connectivity index (χ1) is 8.47. The highest BCUT2D eigenvalue weighted by Gasteiger charge is 2.43. The van der Waals surface area contributed by atoms with Crippen molar-refractivity contribution in [1.29, 1.82) is 0 Å². The monoisotopic (exact) mass is 256 g/mol. The van der Waals surface area contributed by atoms with Gasteiger partial charge in [-0.05, 0) is 6.42 Å². The minimum atomic E-state index is -1.17. The van der Waals surface area contributed by atoms with Crippen molar-refractivity contribution in [2.75, 3.05) is 0 Å². The quantitative estimate of drug-likeness (QED) is 0.606. The zero-order valence-corrected chi connectivity index (χ0v) is 10.2. The second-order valence-electron chi connectivity index (χ2n) is 4.40. The Hall–Kier alpha value is -1.44. The van der Waals surface area contributed by atoms with Crippen LogP contribution in [0.15, 0.2) is 15.8 Å². The molecule has 7 heteroatoms. The van der Waals surface area contributed by atoms with Gasteiger partial charge >= 0.3 is 5.69 Å². The number of rotatable bonds is 2. The lowest BCUT2D eigenvalue weighted by Gasteiger charge is -2.14. The predicted molar refractivity (Wildman–Crippen MR) is 62.2 cm³/mol. The smallest absolute Gasteiger partial charge is 0.328 e. The number of hydrogen-bond acceptors (Lipinski definition) is 5. The number of ether oxygens (including phenoxy) is 1. The number of aliphatic hydroxyl groups excluding tert-OH is 2. The molecule has 0 bridgehead atoms. The molecular formula is C11H16N2O5. The molecule has 7 nitrogen and oxygen atoms in total. The number of aromatic nitrogens is 2. The van der Waals surface area contributed by atoms with Crippen molar-refractivity contribution in [2.45, 2.75) is 37.8 Å². The maximum atomic E-state index is 11.9. The Morgan fingerprint density at radius 1 is 1.39 bits per heavy atom. The Morgan fingerprint density at radius 2 is 2.06 bits per heavy atom. The summed E-state index contributed by atoms with van der Waals surface area (Å²) in [5, 5.41) is 19.6. The Kier molecular flexibility index (Phi) is 3.38. The van der Waals surface area contributed by atoms with Crippen LogP contribution < -0.4 is 11.2 Å². The second-order valence-corrected chi connectivity index (χ2v) is 4.40. The molecule has 1 aliphatic heterocycles. The highest BCUT2D eigenvalue weighted by Crippen LogP contribution is 2.32. The lowest BCUT2D eigenvalue weighted by Crippen LogP contribution is -2.37. The average molecular weight is 256 g/mol. The molecule has 0 spiro atoms. The molecule has 3 N–H and O–H groups in total. The molecule has 2 rings (SSSR count). The highest BCUT2D eigenvalue weighted by molar-refractivity contribution is 5.14. The molecule has 1 aliphatic rings. The summed E-state index contributed by atoms with van der Waals surface area (Å²) >= 11 is 0. The molecule has 0 radical (unpaired) electrons. The molecule has 0 amide bonds. The van der Waals surface area contributed by atoms with E-state index in [0.29, 0.717) is 6.42 Å². The summed E-state index contributed by atoms with van der Waals surface area (Å²) in [6.07, 6.45) is -1.88. The van der Waals surface area contributed by atoms with E-state index >= 15 is 0 Å². The number of hydrogen-bond donors (Lipinski definition) is 3. The molecule has 0 aliphatic carbocycles. The summed E-state index contributed by atoms with van der Waals surface area (Å²) in [5.41, 5.74) is -0.935. The van der Waals surface area contributed by atoms with Gasteiger partial charge in [-0.2, -0.15) is 0 Å². The van der Waals surface area contributed by atoms with Gasteiger partial charge in [0.05, 0.1) is 11.7 Å². The zero-order valence-electron chi connectivity index (χ0n) is 10.2. The SMILES string of the molecule is CC[C@H]1O[C@@H](c2c[nH]c(=O)n(C)c2=O)C(O)C1O. The van der Waals surface area contributed by atoms with Crippen LogP contribution in [0.4, 0.5) is 0 Å². The lowest BCUT2D eigenvalue weighted by molar-refractivity contribution is 0.00450. The Balaban J connectivity index is 2.42. The van der Waals surface area contributed by atoms with Crippen LogP contribution in [0.5, 0.6) is 0 Å². The van der Waals surface area contributed by atoms with Gasteiger partial charge in [0.2, 0.25) is 0 Å². The van der Waals surface area contributed by atoms with Crippen molar-refractivity contribution < 1.29 is 14.9 Å². The van der Waals surface area contributed by atoms with Crippen LogP contribution in [0.2, 0.25) is 0 Å². The van der Waals surface area contributed by atoms with E-state index in [2.05, 4.69) is 4.98 Å². The van der Waals surface area contributed by atoms with Crippen LogP contribution >= 0.6 is 0 Å². The standard InChI is InChI=1S/C11H16N2O5/c1-3-6-7(14)8(15)9(18-6)5-4-12-11(17)13(2)10(5)16/h4,6-9,14-15H,3H2,1-2H3,(H,12,17)/t6-,7?,8?,9+/m1/s1. The molecule has 1 fully saturated rings. The molecule has 18 heavy (non-hydrogen) atoms. The number of aliphatic hydroxyl groups is 2. The summed E-state index contributed by atoms with van der Waals surface area (Å²) in [6.45, 7) is 1.81. The van der Waals surface area contributed by atoms with Crippen molar-refractivity contribution in [3.63, 3.8) is 0 Å². The van der Waals surface area contributed by atoms with E-state index in [1.807, 2.05) is 6.92 Å². The Bertz CT molecular complexity index is 549. The molecule has 0 saturated carbocycles. The van der Waals surface area contributed by atoms with Gasteiger partial charge in [-0.3, -0.25) is 9.36 Å². The molecule has 0 aromatic carbocycles. The summed E-state index contributed by atoms with van der Waals surface area (Å²) in [7, 11) is 1.33. The van der Waals surface area contributed by atoms with Gasteiger partial charge in [-0.15, -0.1) is 0 Å². The first kappa shape index (κ1) is 13.0. The van der Waals surface area contributed by atoms with Gasteiger partial charge < -0.3 is 19.9 Å². The largest absolute Gasteiger partial charge is 0.388 e. The summed E-state index contributed by atoms with van der Waals surface area (Å²) in [5.74, 6) is 0. The molecule has 4 atom stereocenters. The minimum Gasteiger partial charge on any atom is -0.388 e. The Morgan fingerprint density at radius 3 is 2.61 bits per heavy atom. The van der Waals surface area contributed by atoms with Crippen LogP contribution in [-0.4, -0.2) is 38.1 Å². The van der Waals surface area contributed by atoms with Crippen molar-refractivity contribution in [3.8, 4) is 0 Å². The van der Waals surface area contributed by atoms with Crippen molar-refractivity contribution in [3.05, 3.63) is 32.6 Å². The van der Waals surface area contributed by atoms with Gasteiger partial charge in [0.25, 0.3) is 5.56 Å². The lowest BCUT2D eigenvalue weighted by atomic mass is 10.0. The molecule has 2 unspecified atom stereocenters. The van der Waals surface area contributed by atoms with Gasteiger partial charge in [-0.25, -0.2) is 4.79 Å². The molecule has 1 aromatic rings. The number of H-pyrrole nitrogens is 1. The number of nitrogens with zero attached hydrogens (tertiary/aromatic N) is 1. The zero-order chi connectivity index (χ0) is 13.4. The van der Waals surface area contributed by atoms with Crippen LogP contribution in [0.3, 0.4) is 0 Å². The third-order valence-corrected chi connectivity index (χ3v) is 3.28. The maximum Gasteiger partial charge on any atom is 0.328 e. The highest BCUT2D eigenvalue weighted by atomic mass is 16.5. The van der Waals surface area contributed by atoms with Gasteiger partial charge in [-0.1, -0.05) is 6.92 Å². The van der Waals surface area contributed by atoms with E-state index in [1.165, 1.54) is 13.2 Å². The first-order valence-corrected chi connectivity index (χ1v) is 5.77. The van der Waals surface area contributed by atoms with Crippen LogP contribution in [0, 0.1) is 0 Å². The van der Waals surface area contributed by atoms with Crippen LogP contribution in [0.1, 0.15) is 25.0 Å². The maximum absolute atomic E-state index is 11.9. The third kappa shape index (κ3) is 1.90. The van der Waals surface area contributed by atoms with E-state index in [4.69, 9.17) is 4.74 Å². The number of nitrogens with one attached hydrogen (secondary N) is 1.